The highest BCUT2D eigenvalue weighted by atomic mass is 19.1. The topological polar surface area (TPSA) is 34.9 Å². The third-order valence-corrected chi connectivity index (χ3v) is 3.51. The molecule has 0 radical (unpaired) electrons. The van der Waals surface area contributed by atoms with E-state index in [1.165, 1.54) is 12.1 Å². The second-order valence-electron chi connectivity index (χ2n) is 5.02. The largest absolute Gasteiger partial charge is 0.268 e. The number of aryl methyl sites for hydroxylation is 2. The van der Waals surface area contributed by atoms with Gasteiger partial charge in [-0.25, -0.2) is 9.37 Å². The third kappa shape index (κ3) is 2.33. The van der Waals surface area contributed by atoms with Crippen molar-refractivity contribution in [3.8, 4) is 5.69 Å². The number of halogens is 1. The highest BCUT2D eigenvalue weighted by Gasteiger charge is 2.12. The van der Waals surface area contributed by atoms with Gasteiger partial charge in [0.1, 0.15) is 11.6 Å². The van der Waals surface area contributed by atoms with Gasteiger partial charge in [0.15, 0.2) is 0 Å². The van der Waals surface area contributed by atoms with Crippen LogP contribution in [0.2, 0.25) is 0 Å². The SMILES string of the molecule is CCc1nc2ccc(F)cc2c(=O)n1-c1ccc(C)cc1. The first-order valence-electron chi connectivity index (χ1n) is 6.88. The van der Waals surface area contributed by atoms with Crippen LogP contribution >= 0.6 is 0 Å². The zero-order valence-electron chi connectivity index (χ0n) is 11.9. The number of hydrogen-bond donors (Lipinski definition) is 0. The summed E-state index contributed by atoms with van der Waals surface area (Å²) >= 11 is 0. The van der Waals surface area contributed by atoms with Crippen LogP contribution in [0.15, 0.2) is 47.3 Å². The van der Waals surface area contributed by atoms with Crippen LogP contribution < -0.4 is 5.56 Å². The van der Waals surface area contributed by atoms with Crippen LogP contribution in [0.4, 0.5) is 4.39 Å². The molecule has 0 aliphatic rings. The van der Waals surface area contributed by atoms with Gasteiger partial charge in [-0.1, -0.05) is 24.6 Å². The summed E-state index contributed by atoms with van der Waals surface area (Å²) in [5.41, 5.74) is 2.16. The molecule has 0 aliphatic heterocycles. The Bertz CT molecular complexity index is 866. The van der Waals surface area contributed by atoms with Gasteiger partial charge in [0.05, 0.1) is 16.6 Å². The molecule has 0 aliphatic carbocycles. The first kappa shape index (κ1) is 13.5. The predicted octanol–water partition coefficient (Wildman–Crippen LogP) is 3.40. The van der Waals surface area contributed by atoms with Gasteiger partial charge in [-0.2, -0.15) is 0 Å². The van der Waals surface area contributed by atoms with Gasteiger partial charge in [0.2, 0.25) is 0 Å². The molecular formula is C17H15FN2O. The van der Waals surface area contributed by atoms with Crippen molar-refractivity contribution >= 4 is 10.9 Å². The molecule has 0 amide bonds. The molecular weight excluding hydrogens is 267 g/mol. The Morgan fingerprint density at radius 3 is 2.52 bits per heavy atom. The normalized spacial score (nSPS) is 11.0. The second-order valence-corrected chi connectivity index (χ2v) is 5.02. The maximum absolute atomic E-state index is 13.4. The van der Waals surface area contributed by atoms with E-state index in [0.717, 1.165) is 11.3 Å². The van der Waals surface area contributed by atoms with Crippen molar-refractivity contribution < 1.29 is 4.39 Å². The Labute approximate surface area is 121 Å². The molecule has 0 fully saturated rings. The van der Waals surface area contributed by atoms with Crippen LogP contribution in [-0.2, 0) is 6.42 Å². The lowest BCUT2D eigenvalue weighted by atomic mass is 10.2. The van der Waals surface area contributed by atoms with E-state index < -0.39 is 5.82 Å². The zero-order chi connectivity index (χ0) is 15.0. The van der Waals surface area contributed by atoms with E-state index in [1.54, 1.807) is 10.6 Å². The van der Waals surface area contributed by atoms with Crippen molar-refractivity contribution in [2.75, 3.05) is 0 Å². The molecule has 0 unspecified atom stereocenters. The summed E-state index contributed by atoms with van der Waals surface area (Å²) in [6, 6.07) is 11.8. The van der Waals surface area contributed by atoms with E-state index in [4.69, 9.17) is 0 Å². The predicted molar refractivity (Wildman–Crippen MR) is 81.4 cm³/mol. The molecule has 0 saturated carbocycles. The summed E-state index contributed by atoms with van der Waals surface area (Å²) < 4.78 is 15.0. The third-order valence-electron chi connectivity index (χ3n) is 3.51. The molecule has 0 spiro atoms. The minimum absolute atomic E-state index is 0.236. The van der Waals surface area contributed by atoms with Crippen LogP contribution in [0.3, 0.4) is 0 Å². The highest BCUT2D eigenvalue weighted by Crippen LogP contribution is 2.15. The molecule has 1 heterocycles. The zero-order valence-corrected chi connectivity index (χ0v) is 11.9. The Balaban J connectivity index is 2.37. The fourth-order valence-electron chi connectivity index (χ4n) is 2.40. The maximum atomic E-state index is 13.4. The molecule has 1 aromatic heterocycles. The van der Waals surface area contributed by atoms with Crippen LogP contribution in [0, 0.1) is 12.7 Å². The number of aromatic nitrogens is 2. The molecule has 3 aromatic rings. The molecule has 0 N–H and O–H groups in total. The van der Waals surface area contributed by atoms with Crippen molar-refractivity contribution in [3.05, 3.63) is 70.0 Å². The summed E-state index contributed by atoms with van der Waals surface area (Å²) in [6.07, 6.45) is 0.621. The van der Waals surface area contributed by atoms with E-state index in [9.17, 15) is 9.18 Å². The van der Waals surface area contributed by atoms with Crippen molar-refractivity contribution in [1.82, 2.24) is 9.55 Å². The first-order valence-corrected chi connectivity index (χ1v) is 6.88. The van der Waals surface area contributed by atoms with Gasteiger partial charge in [-0.3, -0.25) is 9.36 Å². The van der Waals surface area contributed by atoms with Gasteiger partial charge in [0, 0.05) is 6.42 Å². The molecule has 4 heteroatoms. The second kappa shape index (κ2) is 5.13. The quantitative estimate of drug-likeness (QED) is 0.722. The summed E-state index contributed by atoms with van der Waals surface area (Å²) in [5.74, 6) is 0.240. The Morgan fingerprint density at radius 2 is 1.86 bits per heavy atom. The molecule has 0 atom stereocenters. The smallest absolute Gasteiger partial charge is 0.266 e. The molecule has 2 aromatic carbocycles. The molecule has 3 nitrogen and oxygen atoms in total. The lowest BCUT2D eigenvalue weighted by Gasteiger charge is -2.12. The Morgan fingerprint density at radius 1 is 1.14 bits per heavy atom. The van der Waals surface area contributed by atoms with Crippen molar-refractivity contribution in [2.24, 2.45) is 0 Å². The van der Waals surface area contributed by atoms with Crippen LogP contribution in [0.5, 0.6) is 0 Å². The van der Waals surface area contributed by atoms with Gasteiger partial charge in [-0.15, -0.1) is 0 Å². The van der Waals surface area contributed by atoms with E-state index in [1.807, 2.05) is 38.1 Å². The van der Waals surface area contributed by atoms with Crippen LogP contribution in [0.25, 0.3) is 16.6 Å². The molecule has 0 bridgehead atoms. The fraction of sp³-hybridized carbons (Fsp3) is 0.176. The number of fused-ring (bicyclic) bond motifs is 1. The first-order chi connectivity index (χ1) is 10.1. The van der Waals surface area contributed by atoms with Gasteiger partial charge >= 0.3 is 0 Å². The Kier molecular flexibility index (Phi) is 3.29. The number of nitrogens with zero attached hydrogens (tertiary/aromatic N) is 2. The summed E-state index contributed by atoms with van der Waals surface area (Å²) in [4.78, 5) is 17.2. The van der Waals surface area contributed by atoms with Crippen LogP contribution in [0.1, 0.15) is 18.3 Å². The summed E-state index contributed by atoms with van der Waals surface area (Å²) in [5, 5.41) is 0.299. The van der Waals surface area contributed by atoms with Crippen LogP contribution in [-0.4, -0.2) is 9.55 Å². The molecule has 21 heavy (non-hydrogen) atoms. The molecule has 3 rings (SSSR count). The van der Waals surface area contributed by atoms with Crippen molar-refractivity contribution in [2.45, 2.75) is 20.3 Å². The number of rotatable bonds is 2. The molecule has 0 saturated heterocycles. The lowest BCUT2D eigenvalue weighted by molar-refractivity contribution is 0.629. The number of benzene rings is 2. The van der Waals surface area contributed by atoms with Crippen molar-refractivity contribution in [3.63, 3.8) is 0 Å². The van der Waals surface area contributed by atoms with E-state index in [2.05, 4.69) is 4.98 Å². The van der Waals surface area contributed by atoms with Gasteiger partial charge < -0.3 is 0 Å². The minimum Gasteiger partial charge on any atom is -0.268 e. The average Bonchev–Trinajstić information content (AvgIpc) is 2.49. The summed E-state index contributed by atoms with van der Waals surface area (Å²) in [6.45, 7) is 3.93. The lowest BCUT2D eigenvalue weighted by Crippen LogP contribution is -2.23. The number of hydrogen-bond acceptors (Lipinski definition) is 2. The minimum atomic E-state index is -0.430. The molecule has 106 valence electrons. The average molecular weight is 282 g/mol. The monoisotopic (exact) mass is 282 g/mol. The fourth-order valence-corrected chi connectivity index (χ4v) is 2.40. The summed E-state index contributed by atoms with van der Waals surface area (Å²) in [7, 11) is 0. The van der Waals surface area contributed by atoms with Gasteiger partial charge in [0.25, 0.3) is 5.56 Å². The van der Waals surface area contributed by atoms with E-state index >= 15 is 0 Å². The Hall–Kier alpha value is -2.49. The van der Waals surface area contributed by atoms with E-state index in [-0.39, 0.29) is 5.56 Å². The van der Waals surface area contributed by atoms with Crippen molar-refractivity contribution in [1.29, 1.82) is 0 Å². The maximum Gasteiger partial charge on any atom is 0.266 e. The van der Waals surface area contributed by atoms with Gasteiger partial charge in [-0.05, 0) is 37.3 Å². The highest BCUT2D eigenvalue weighted by molar-refractivity contribution is 5.78. The standard InChI is InChI=1S/C17H15FN2O/c1-3-16-19-15-9-6-12(18)10-14(15)17(21)20(16)13-7-4-11(2)5-8-13/h4-10H,3H2,1-2H3. The van der Waals surface area contributed by atoms with E-state index in [0.29, 0.717) is 23.1 Å².